The Morgan fingerprint density at radius 2 is 2.20 bits per heavy atom. The van der Waals surface area contributed by atoms with Crippen molar-refractivity contribution >= 4 is 46.0 Å². The third-order valence-electron chi connectivity index (χ3n) is 5.48. The van der Waals surface area contributed by atoms with Gasteiger partial charge in [0.15, 0.2) is 0 Å². The first-order valence-electron chi connectivity index (χ1n) is 9.68. The Balaban J connectivity index is 1.58. The summed E-state index contributed by atoms with van der Waals surface area (Å²) < 4.78 is 0. The summed E-state index contributed by atoms with van der Waals surface area (Å²) in [5, 5.41) is 7.17. The number of anilines is 2. The highest BCUT2D eigenvalue weighted by molar-refractivity contribution is 7.09. The van der Waals surface area contributed by atoms with Gasteiger partial charge in [0, 0.05) is 46.4 Å². The van der Waals surface area contributed by atoms with Gasteiger partial charge in [0.2, 0.25) is 0 Å². The van der Waals surface area contributed by atoms with Gasteiger partial charge >= 0.3 is 6.03 Å². The molecule has 0 saturated carbocycles. The summed E-state index contributed by atoms with van der Waals surface area (Å²) in [6.45, 7) is 4.75. The van der Waals surface area contributed by atoms with E-state index in [4.69, 9.17) is 5.73 Å². The van der Waals surface area contributed by atoms with Crippen LogP contribution < -0.4 is 16.4 Å². The zero-order valence-electron chi connectivity index (χ0n) is 16.8. The van der Waals surface area contributed by atoms with Crippen LogP contribution in [0.5, 0.6) is 0 Å². The molecule has 2 atom stereocenters. The van der Waals surface area contributed by atoms with Crippen molar-refractivity contribution < 1.29 is 4.79 Å². The number of nitrogens with zero attached hydrogens (tertiary/aromatic N) is 4. The average molecular weight is 422 g/mol. The first-order valence-corrected chi connectivity index (χ1v) is 10.6. The van der Waals surface area contributed by atoms with Gasteiger partial charge in [-0.25, -0.2) is 14.8 Å². The molecule has 2 unspecified atom stereocenters. The van der Waals surface area contributed by atoms with Crippen LogP contribution in [0.25, 0.3) is 10.8 Å². The van der Waals surface area contributed by atoms with Crippen molar-refractivity contribution in [1.29, 1.82) is 0 Å². The second kappa shape index (κ2) is 8.19. The largest absolute Gasteiger partial charge is 0.383 e. The highest BCUT2D eigenvalue weighted by atomic mass is 32.1. The first-order chi connectivity index (χ1) is 14.5. The molecule has 4 heterocycles. The Morgan fingerprint density at radius 3 is 2.97 bits per heavy atom. The summed E-state index contributed by atoms with van der Waals surface area (Å²) in [7, 11) is 0. The summed E-state index contributed by atoms with van der Waals surface area (Å²) in [6, 6.07) is 3.47. The molecule has 0 saturated heterocycles. The van der Waals surface area contributed by atoms with Crippen LogP contribution in [0.2, 0.25) is 0 Å². The zero-order chi connectivity index (χ0) is 21.1. The number of pyridine rings is 2. The molecule has 0 spiro atoms. The topological polar surface area (TPSA) is 118 Å². The predicted octanol–water partition coefficient (Wildman–Crippen LogP) is 4.09. The highest BCUT2D eigenvalue weighted by Crippen LogP contribution is 2.41. The molecule has 1 aliphatic rings. The van der Waals surface area contributed by atoms with Crippen LogP contribution in [0.15, 0.2) is 47.3 Å². The maximum Gasteiger partial charge on any atom is 0.320 e. The van der Waals surface area contributed by atoms with Crippen LogP contribution >= 0.6 is 11.3 Å². The standard InChI is InChI=1S/C21H23N7OS/c1-3-21(2)4-5-23-11-16(21)17-6-13-7-18(25-10-15(13)19(22)27-17)28-20(29)26-9-14-8-24-12-30-14/h4-8,10-12,16H,3,9H2,1-2H3,(H2,22,27)(H2,25,26,28,29). The summed E-state index contributed by atoms with van der Waals surface area (Å²) in [5.41, 5.74) is 8.72. The fourth-order valence-corrected chi connectivity index (χ4v) is 3.99. The number of thiazole rings is 1. The van der Waals surface area contributed by atoms with Gasteiger partial charge in [-0.2, -0.15) is 0 Å². The Morgan fingerprint density at radius 1 is 1.33 bits per heavy atom. The number of carbonyl (C=O) groups excluding carboxylic acids is 1. The molecule has 0 bridgehead atoms. The lowest BCUT2D eigenvalue weighted by Gasteiger charge is -2.33. The molecule has 0 aromatic carbocycles. The first kappa shape index (κ1) is 20.0. The molecule has 4 rings (SSSR count). The molecule has 3 aromatic rings. The lowest BCUT2D eigenvalue weighted by Crippen LogP contribution is -2.28. The summed E-state index contributed by atoms with van der Waals surface area (Å²) >= 11 is 1.49. The van der Waals surface area contributed by atoms with Crippen molar-refractivity contribution in [2.45, 2.75) is 32.7 Å². The van der Waals surface area contributed by atoms with E-state index in [0.717, 1.165) is 27.8 Å². The van der Waals surface area contributed by atoms with Crippen LogP contribution in [-0.2, 0) is 6.54 Å². The number of aromatic nitrogens is 3. The number of nitrogen functional groups attached to an aromatic ring is 1. The van der Waals surface area contributed by atoms with Crippen LogP contribution in [-0.4, -0.2) is 27.2 Å². The van der Waals surface area contributed by atoms with Gasteiger partial charge in [0.05, 0.1) is 17.7 Å². The number of allylic oxidation sites excluding steroid dienone is 1. The number of hydrogen-bond donors (Lipinski definition) is 3. The minimum Gasteiger partial charge on any atom is -0.383 e. The van der Waals surface area contributed by atoms with Crippen molar-refractivity contribution in [3.63, 3.8) is 0 Å². The van der Waals surface area contributed by atoms with E-state index >= 15 is 0 Å². The summed E-state index contributed by atoms with van der Waals surface area (Å²) in [5.74, 6) is 0.875. The van der Waals surface area contributed by atoms with E-state index in [9.17, 15) is 4.79 Å². The normalized spacial score (nSPS) is 20.4. The summed E-state index contributed by atoms with van der Waals surface area (Å²) in [4.78, 5) is 30.4. The van der Waals surface area contributed by atoms with Crippen LogP contribution in [0, 0.1) is 5.41 Å². The molecule has 4 N–H and O–H groups in total. The van der Waals surface area contributed by atoms with Gasteiger partial charge in [-0.05, 0) is 23.9 Å². The fraction of sp³-hybridized carbons (Fsp3) is 0.286. The molecule has 3 aromatic heterocycles. The third-order valence-corrected chi connectivity index (χ3v) is 6.26. The minimum absolute atomic E-state index is 0.0199. The molecule has 0 radical (unpaired) electrons. The van der Waals surface area contributed by atoms with E-state index in [1.165, 1.54) is 11.3 Å². The Bertz CT molecular complexity index is 1130. The Kier molecular flexibility index (Phi) is 5.45. The quantitative estimate of drug-likeness (QED) is 0.573. The van der Waals surface area contributed by atoms with E-state index in [1.54, 1.807) is 17.9 Å². The van der Waals surface area contributed by atoms with Gasteiger partial charge in [-0.1, -0.05) is 19.9 Å². The second-order valence-electron chi connectivity index (χ2n) is 7.45. The SMILES string of the molecule is CCC1(C)C=CN=CC1c1cc2cc(NC(=O)NCc3cncs3)ncc2c(N)n1. The van der Waals surface area contributed by atoms with Gasteiger partial charge in [0.1, 0.15) is 11.6 Å². The fourth-order valence-electron chi connectivity index (χ4n) is 3.46. The second-order valence-corrected chi connectivity index (χ2v) is 8.42. The lowest BCUT2D eigenvalue weighted by molar-refractivity contribution is 0.252. The zero-order valence-corrected chi connectivity index (χ0v) is 17.6. The number of amides is 2. The number of nitrogens with one attached hydrogen (secondary N) is 2. The van der Waals surface area contributed by atoms with E-state index < -0.39 is 0 Å². The number of nitrogens with two attached hydrogens (primary N) is 1. The highest BCUT2D eigenvalue weighted by Gasteiger charge is 2.33. The van der Waals surface area contributed by atoms with E-state index in [-0.39, 0.29) is 17.4 Å². The lowest BCUT2D eigenvalue weighted by atomic mass is 9.72. The molecular formula is C21H23N7OS. The van der Waals surface area contributed by atoms with Gasteiger partial charge < -0.3 is 11.1 Å². The van der Waals surface area contributed by atoms with Gasteiger partial charge in [-0.15, -0.1) is 11.3 Å². The van der Waals surface area contributed by atoms with Crippen molar-refractivity contribution in [2.24, 2.45) is 10.4 Å². The Labute approximate surface area is 178 Å². The number of aliphatic imine (C=N–C) groups is 1. The maximum absolute atomic E-state index is 12.2. The van der Waals surface area contributed by atoms with Crippen LogP contribution in [0.1, 0.15) is 36.8 Å². The van der Waals surface area contributed by atoms with Gasteiger partial charge in [-0.3, -0.25) is 15.3 Å². The average Bonchev–Trinajstić information content (AvgIpc) is 3.26. The molecule has 154 valence electrons. The van der Waals surface area contributed by atoms with Crippen molar-refractivity contribution in [3.8, 4) is 0 Å². The molecule has 2 amide bonds. The minimum atomic E-state index is -0.333. The predicted molar refractivity (Wildman–Crippen MR) is 121 cm³/mol. The number of fused-ring (bicyclic) bond motifs is 1. The molecule has 8 nitrogen and oxygen atoms in total. The molecule has 1 aliphatic heterocycles. The molecular weight excluding hydrogens is 398 g/mol. The summed E-state index contributed by atoms with van der Waals surface area (Å²) in [6.07, 6.45) is 10.2. The molecule has 30 heavy (non-hydrogen) atoms. The monoisotopic (exact) mass is 421 g/mol. The number of hydrogen-bond acceptors (Lipinski definition) is 7. The number of rotatable bonds is 5. The van der Waals surface area contributed by atoms with Crippen molar-refractivity contribution in [1.82, 2.24) is 20.3 Å². The number of carbonyl (C=O) groups is 1. The van der Waals surface area contributed by atoms with E-state index in [1.807, 2.05) is 24.5 Å². The maximum atomic E-state index is 12.2. The van der Waals surface area contributed by atoms with E-state index in [0.29, 0.717) is 18.2 Å². The van der Waals surface area contributed by atoms with Gasteiger partial charge in [0.25, 0.3) is 0 Å². The van der Waals surface area contributed by atoms with Crippen LogP contribution in [0.4, 0.5) is 16.4 Å². The molecule has 0 aliphatic carbocycles. The van der Waals surface area contributed by atoms with E-state index in [2.05, 4.69) is 50.5 Å². The Hall–Kier alpha value is -3.33. The smallest absolute Gasteiger partial charge is 0.320 e. The molecule has 9 heteroatoms. The van der Waals surface area contributed by atoms with Crippen molar-refractivity contribution in [2.75, 3.05) is 11.1 Å². The molecule has 0 fully saturated rings. The van der Waals surface area contributed by atoms with Crippen molar-refractivity contribution in [3.05, 3.63) is 52.9 Å². The third kappa shape index (κ3) is 4.02. The van der Waals surface area contributed by atoms with Crippen LogP contribution in [0.3, 0.4) is 0 Å². The number of urea groups is 1.